The molecule has 2 rings (SSSR count). The summed E-state index contributed by atoms with van der Waals surface area (Å²) < 4.78 is 18.8. The highest BCUT2D eigenvalue weighted by molar-refractivity contribution is 5.75. The van der Waals surface area contributed by atoms with Crippen LogP contribution in [0, 0.1) is 17.1 Å². The van der Waals surface area contributed by atoms with Gasteiger partial charge in [0.2, 0.25) is 0 Å². The molecule has 0 atom stereocenters. The molecule has 0 saturated carbocycles. The molecule has 0 aromatic heterocycles. The molecule has 0 fully saturated rings. The van der Waals surface area contributed by atoms with Gasteiger partial charge in [-0.25, -0.2) is 4.39 Å². The number of halogens is 1. The predicted molar refractivity (Wildman–Crippen MR) is 63.0 cm³/mol. The number of nitriles is 1. The SMILES string of the molecule is N#Cc1ccc(Oc2ccc(C=O)cc2F)cc1. The van der Waals surface area contributed by atoms with Crippen molar-refractivity contribution in [2.45, 2.75) is 0 Å². The number of rotatable bonds is 3. The molecule has 0 aliphatic heterocycles. The molecule has 0 aliphatic carbocycles. The quantitative estimate of drug-likeness (QED) is 0.774. The Balaban J connectivity index is 2.23. The van der Waals surface area contributed by atoms with Crippen molar-refractivity contribution >= 4 is 6.29 Å². The Morgan fingerprint density at radius 2 is 1.89 bits per heavy atom. The lowest BCUT2D eigenvalue weighted by atomic mass is 10.2. The Labute approximate surface area is 103 Å². The largest absolute Gasteiger partial charge is 0.454 e. The highest BCUT2D eigenvalue weighted by Crippen LogP contribution is 2.25. The third-order valence-electron chi connectivity index (χ3n) is 2.30. The van der Waals surface area contributed by atoms with Gasteiger partial charge in [0.1, 0.15) is 12.0 Å². The molecule has 4 heteroatoms. The van der Waals surface area contributed by atoms with Gasteiger partial charge in [-0.15, -0.1) is 0 Å². The van der Waals surface area contributed by atoms with Crippen LogP contribution in [-0.2, 0) is 0 Å². The van der Waals surface area contributed by atoms with Crippen LogP contribution >= 0.6 is 0 Å². The Morgan fingerprint density at radius 1 is 1.17 bits per heavy atom. The minimum Gasteiger partial charge on any atom is -0.454 e. The van der Waals surface area contributed by atoms with E-state index in [0.717, 1.165) is 6.07 Å². The molecule has 0 N–H and O–H groups in total. The molecule has 2 aromatic rings. The summed E-state index contributed by atoms with van der Waals surface area (Å²) in [5, 5.41) is 8.64. The Morgan fingerprint density at radius 3 is 2.44 bits per heavy atom. The van der Waals surface area contributed by atoms with Crippen molar-refractivity contribution in [2.24, 2.45) is 0 Å². The van der Waals surface area contributed by atoms with Crippen molar-refractivity contribution in [3.8, 4) is 17.6 Å². The minimum atomic E-state index is -0.607. The van der Waals surface area contributed by atoms with E-state index in [1.807, 2.05) is 6.07 Å². The van der Waals surface area contributed by atoms with E-state index >= 15 is 0 Å². The summed E-state index contributed by atoms with van der Waals surface area (Å²) in [6.07, 6.45) is 0.564. The monoisotopic (exact) mass is 241 g/mol. The zero-order valence-corrected chi connectivity index (χ0v) is 9.26. The van der Waals surface area contributed by atoms with E-state index in [2.05, 4.69) is 0 Å². The predicted octanol–water partition coefficient (Wildman–Crippen LogP) is 3.30. The fourth-order valence-electron chi connectivity index (χ4n) is 1.40. The second-order valence-electron chi connectivity index (χ2n) is 3.55. The molecule has 18 heavy (non-hydrogen) atoms. The van der Waals surface area contributed by atoms with Crippen LogP contribution < -0.4 is 4.74 Å². The molecule has 0 unspecified atom stereocenters. The second kappa shape index (κ2) is 5.11. The lowest BCUT2D eigenvalue weighted by Crippen LogP contribution is -1.90. The smallest absolute Gasteiger partial charge is 0.166 e. The van der Waals surface area contributed by atoms with E-state index in [1.54, 1.807) is 24.3 Å². The third-order valence-corrected chi connectivity index (χ3v) is 2.30. The first-order chi connectivity index (χ1) is 8.72. The van der Waals surface area contributed by atoms with Crippen LogP contribution in [0.1, 0.15) is 15.9 Å². The number of carbonyl (C=O) groups is 1. The minimum absolute atomic E-state index is 0.0327. The van der Waals surface area contributed by atoms with Gasteiger partial charge in [0.25, 0.3) is 0 Å². The summed E-state index contributed by atoms with van der Waals surface area (Å²) >= 11 is 0. The van der Waals surface area contributed by atoms with Crippen LogP contribution in [0.2, 0.25) is 0 Å². The molecule has 0 spiro atoms. The van der Waals surface area contributed by atoms with Gasteiger partial charge in [0.15, 0.2) is 11.6 Å². The van der Waals surface area contributed by atoms with Crippen LogP contribution in [0.15, 0.2) is 42.5 Å². The first kappa shape index (κ1) is 11.8. The topological polar surface area (TPSA) is 50.1 Å². The summed E-state index contributed by atoms with van der Waals surface area (Å²) in [5.74, 6) is -0.152. The van der Waals surface area contributed by atoms with Crippen molar-refractivity contribution in [3.63, 3.8) is 0 Å². The van der Waals surface area contributed by atoms with Gasteiger partial charge in [0, 0.05) is 5.56 Å². The molecule has 2 aromatic carbocycles. The zero-order valence-electron chi connectivity index (χ0n) is 9.26. The summed E-state index contributed by atoms with van der Waals surface area (Å²) in [7, 11) is 0. The first-order valence-corrected chi connectivity index (χ1v) is 5.15. The number of ether oxygens (including phenoxy) is 1. The Hall–Kier alpha value is -2.67. The number of benzene rings is 2. The van der Waals surface area contributed by atoms with E-state index in [1.165, 1.54) is 12.1 Å². The molecule has 3 nitrogen and oxygen atoms in total. The number of aldehydes is 1. The number of hydrogen-bond acceptors (Lipinski definition) is 3. The normalized spacial score (nSPS) is 9.56. The van der Waals surface area contributed by atoms with Crippen LogP contribution in [-0.4, -0.2) is 6.29 Å². The van der Waals surface area contributed by atoms with E-state index in [4.69, 9.17) is 10.00 Å². The molecule has 0 aliphatic rings. The third kappa shape index (κ3) is 2.53. The number of nitrogens with zero attached hydrogens (tertiary/aromatic N) is 1. The van der Waals surface area contributed by atoms with Crippen LogP contribution in [0.25, 0.3) is 0 Å². The Bertz CT molecular complexity index is 615. The van der Waals surface area contributed by atoms with Crippen molar-refractivity contribution in [3.05, 3.63) is 59.4 Å². The van der Waals surface area contributed by atoms with E-state index in [-0.39, 0.29) is 11.3 Å². The van der Waals surface area contributed by atoms with Gasteiger partial charge in [-0.1, -0.05) is 0 Å². The van der Waals surface area contributed by atoms with Gasteiger partial charge in [-0.2, -0.15) is 5.26 Å². The van der Waals surface area contributed by atoms with Crippen molar-refractivity contribution in [2.75, 3.05) is 0 Å². The van der Waals surface area contributed by atoms with Gasteiger partial charge in [-0.05, 0) is 42.5 Å². The lowest BCUT2D eigenvalue weighted by molar-refractivity contribution is 0.112. The van der Waals surface area contributed by atoms with Crippen molar-refractivity contribution in [1.82, 2.24) is 0 Å². The van der Waals surface area contributed by atoms with Gasteiger partial charge in [-0.3, -0.25) is 4.79 Å². The molecule has 0 saturated heterocycles. The van der Waals surface area contributed by atoms with E-state index < -0.39 is 5.82 Å². The van der Waals surface area contributed by atoms with Gasteiger partial charge < -0.3 is 4.74 Å². The van der Waals surface area contributed by atoms with E-state index in [0.29, 0.717) is 17.6 Å². The van der Waals surface area contributed by atoms with Crippen LogP contribution in [0.3, 0.4) is 0 Å². The van der Waals surface area contributed by atoms with Crippen molar-refractivity contribution < 1.29 is 13.9 Å². The average molecular weight is 241 g/mol. The zero-order chi connectivity index (χ0) is 13.0. The summed E-state index contributed by atoms with van der Waals surface area (Å²) in [5.41, 5.74) is 0.749. The fourth-order valence-corrected chi connectivity index (χ4v) is 1.40. The second-order valence-corrected chi connectivity index (χ2v) is 3.55. The Kier molecular flexibility index (Phi) is 3.35. The molecule has 0 bridgehead atoms. The molecule has 88 valence electrons. The van der Waals surface area contributed by atoms with Crippen LogP contribution in [0.4, 0.5) is 4.39 Å². The molecular weight excluding hydrogens is 233 g/mol. The standard InChI is InChI=1S/C14H8FNO2/c15-13-7-11(9-17)3-6-14(13)18-12-4-1-10(8-16)2-5-12/h1-7,9H. The average Bonchev–Trinajstić information content (AvgIpc) is 2.42. The van der Waals surface area contributed by atoms with Crippen molar-refractivity contribution in [1.29, 1.82) is 5.26 Å². The summed E-state index contributed by atoms with van der Waals surface area (Å²) in [6, 6.07) is 12.2. The van der Waals surface area contributed by atoms with E-state index in [9.17, 15) is 9.18 Å². The van der Waals surface area contributed by atoms with Gasteiger partial charge in [0.05, 0.1) is 11.6 Å². The highest BCUT2D eigenvalue weighted by Gasteiger charge is 2.05. The first-order valence-electron chi connectivity index (χ1n) is 5.15. The molecule has 0 heterocycles. The maximum Gasteiger partial charge on any atom is 0.166 e. The fraction of sp³-hybridized carbons (Fsp3) is 0. The van der Waals surface area contributed by atoms with Crippen LogP contribution in [0.5, 0.6) is 11.5 Å². The lowest BCUT2D eigenvalue weighted by Gasteiger charge is -2.06. The van der Waals surface area contributed by atoms with Gasteiger partial charge >= 0.3 is 0 Å². The molecule has 0 radical (unpaired) electrons. The maximum atomic E-state index is 13.5. The molecular formula is C14H8FNO2. The highest BCUT2D eigenvalue weighted by atomic mass is 19.1. The molecule has 0 amide bonds. The summed E-state index contributed by atoms with van der Waals surface area (Å²) in [6.45, 7) is 0. The number of carbonyl (C=O) groups excluding carboxylic acids is 1. The maximum absolute atomic E-state index is 13.5. The summed E-state index contributed by atoms with van der Waals surface area (Å²) in [4.78, 5) is 10.5. The number of hydrogen-bond donors (Lipinski definition) is 0.